The van der Waals surface area contributed by atoms with E-state index in [0.717, 1.165) is 0 Å². The number of halogens is 2. The molecule has 1 saturated heterocycles. The van der Waals surface area contributed by atoms with Crippen LogP contribution in [0, 0.1) is 11.6 Å². The number of ether oxygens (including phenoxy) is 2. The van der Waals surface area contributed by atoms with Crippen molar-refractivity contribution in [2.75, 3.05) is 30.0 Å². The number of nitrogen functional groups attached to an aromatic ring is 1. The molecule has 1 aliphatic carbocycles. The van der Waals surface area contributed by atoms with Gasteiger partial charge in [0.1, 0.15) is 23.6 Å². The Morgan fingerprint density at radius 2 is 1.95 bits per heavy atom. The maximum atomic E-state index is 15.3. The number of hydrogen-bond acceptors (Lipinski definition) is 8. The number of esters is 1. The molecule has 1 aromatic heterocycles. The molecule has 1 amide bonds. The van der Waals surface area contributed by atoms with Crippen molar-refractivity contribution >= 4 is 34.5 Å². The Bertz CT molecular complexity index is 1320. The molecule has 0 radical (unpaired) electrons. The van der Waals surface area contributed by atoms with Gasteiger partial charge in [-0.2, -0.15) is 0 Å². The lowest BCUT2D eigenvalue weighted by atomic mass is 10.1. The Labute approximate surface area is 212 Å². The maximum Gasteiger partial charge on any atom is 0.407 e. The summed E-state index contributed by atoms with van der Waals surface area (Å²) in [6, 6.07) is 0.0730. The molecule has 37 heavy (non-hydrogen) atoms. The predicted molar refractivity (Wildman–Crippen MR) is 135 cm³/mol. The van der Waals surface area contributed by atoms with Crippen molar-refractivity contribution < 1.29 is 27.8 Å². The lowest BCUT2D eigenvalue weighted by Crippen LogP contribution is -2.41. The number of aromatic nitrogens is 1. The molecule has 1 saturated carbocycles. The summed E-state index contributed by atoms with van der Waals surface area (Å²) in [5.74, 6) is 2.70. The topological polar surface area (TPSA) is 128 Å². The highest BCUT2D eigenvalue weighted by molar-refractivity contribution is 6.03. The third-order valence-corrected chi connectivity index (χ3v) is 6.15. The number of alkyl carbamates (subject to hydrolysis) is 1. The van der Waals surface area contributed by atoms with Crippen molar-refractivity contribution in [1.82, 2.24) is 9.88 Å². The number of hydrogen-bond donors (Lipinski definition) is 3. The van der Waals surface area contributed by atoms with E-state index in [1.807, 2.05) is 0 Å². The first-order valence-corrected chi connectivity index (χ1v) is 12.1. The number of carbonyl (C=O) groups is 2. The number of carbonyl (C=O) groups excluding carboxylic acids is 2. The second kappa shape index (κ2) is 10.0. The van der Waals surface area contributed by atoms with Crippen LogP contribution in [0.15, 0.2) is 23.5 Å². The van der Waals surface area contributed by atoms with Gasteiger partial charge in [0, 0.05) is 25.2 Å². The van der Waals surface area contributed by atoms with Gasteiger partial charge < -0.3 is 29.7 Å². The van der Waals surface area contributed by atoms with Gasteiger partial charge >= 0.3 is 12.1 Å². The lowest BCUT2D eigenvalue weighted by Gasteiger charge is -2.28. The molecule has 200 valence electrons. The van der Waals surface area contributed by atoms with Crippen LogP contribution in [0.3, 0.4) is 0 Å². The second-order valence-electron chi connectivity index (χ2n) is 10.2. The number of anilines is 2. The molecule has 0 spiro atoms. The van der Waals surface area contributed by atoms with Gasteiger partial charge in [0.05, 0.1) is 22.6 Å². The Morgan fingerprint density at radius 3 is 2.54 bits per heavy atom. The molecule has 1 atom stereocenters. The minimum atomic E-state index is -1.06. The monoisotopic (exact) mass is 519 g/mol. The van der Waals surface area contributed by atoms with Crippen molar-refractivity contribution in [1.29, 1.82) is 0 Å². The zero-order chi connectivity index (χ0) is 27.1. The fourth-order valence-corrected chi connectivity index (χ4v) is 4.59. The third-order valence-electron chi connectivity index (χ3n) is 6.15. The van der Waals surface area contributed by atoms with Crippen molar-refractivity contribution in [3.8, 4) is 0 Å². The first-order chi connectivity index (χ1) is 17.5. The van der Waals surface area contributed by atoms with Crippen LogP contribution >= 0.6 is 0 Å². The smallest absolute Gasteiger partial charge is 0.407 e. The van der Waals surface area contributed by atoms with Gasteiger partial charge in [-0.05, 0) is 40.0 Å². The zero-order valence-corrected chi connectivity index (χ0v) is 21.0. The summed E-state index contributed by atoms with van der Waals surface area (Å²) in [7, 11) is 0. The number of nitrogens with two attached hydrogens (primary N) is 1. The molecule has 1 unspecified atom stereocenters. The summed E-state index contributed by atoms with van der Waals surface area (Å²) in [6.45, 7) is 9.18. The van der Waals surface area contributed by atoms with E-state index in [0.29, 0.717) is 31.9 Å². The summed E-state index contributed by atoms with van der Waals surface area (Å²) in [5.41, 5.74) is -0.379. The van der Waals surface area contributed by atoms with Crippen LogP contribution in [-0.4, -0.2) is 48.0 Å². The number of hydrazine groups is 1. The summed E-state index contributed by atoms with van der Waals surface area (Å²) in [5, 5.41) is 2.43. The quantitative estimate of drug-likeness (QED) is 0.220. The molecular weight excluding hydrogens is 488 g/mol. The molecule has 4 rings (SSSR count). The van der Waals surface area contributed by atoms with E-state index in [2.05, 4.69) is 17.3 Å². The SMILES string of the molecule is C=CCOC(=O)c1c(N2CCC(NC(=O)OC(C)(C)C)C2)n(C2CC2)c2c(F)cc(F)c(NN)c2c1=O. The highest BCUT2D eigenvalue weighted by atomic mass is 19.1. The summed E-state index contributed by atoms with van der Waals surface area (Å²) in [6.07, 6.45) is 2.58. The number of nitrogens with zero attached hydrogens (tertiary/aromatic N) is 2. The fraction of sp³-hybridized carbons (Fsp3) is 0.480. The Kier molecular flexibility index (Phi) is 7.13. The average molecular weight is 520 g/mol. The molecular formula is C25H31F2N5O5. The van der Waals surface area contributed by atoms with Gasteiger partial charge in [0.25, 0.3) is 0 Å². The maximum absolute atomic E-state index is 15.3. The van der Waals surface area contributed by atoms with Crippen molar-refractivity contribution in [2.24, 2.45) is 5.84 Å². The number of rotatable bonds is 7. The largest absolute Gasteiger partial charge is 0.458 e. The standard InChI is InChI=1S/C25H31F2N5O5/c1-5-10-36-23(34)18-21(33)17-19(30-28)15(26)11-16(27)20(17)32(14-6-7-14)22(18)31-9-8-13(12-31)29-24(35)37-25(2,3)4/h5,11,13-14,30H,1,6-10,12,28H2,2-4H3,(H,29,35). The average Bonchev–Trinajstić information content (AvgIpc) is 3.54. The van der Waals surface area contributed by atoms with Crippen LogP contribution in [-0.2, 0) is 9.47 Å². The van der Waals surface area contributed by atoms with Crippen LogP contribution in [0.4, 0.5) is 25.1 Å². The molecule has 2 fully saturated rings. The van der Waals surface area contributed by atoms with E-state index in [-0.39, 0.29) is 47.5 Å². The van der Waals surface area contributed by atoms with Crippen LogP contribution in [0.25, 0.3) is 10.9 Å². The first-order valence-electron chi connectivity index (χ1n) is 12.1. The van der Waals surface area contributed by atoms with Gasteiger partial charge in [-0.25, -0.2) is 18.4 Å². The fourth-order valence-electron chi connectivity index (χ4n) is 4.59. The second-order valence-corrected chi connectivity index (χ2v) is 10.2. The molecule has 4 N–H and O–H groups in total. The van der Waals surface area contributed by atoms with Gasteiger partial charge in [-0.15, -0.1) is 0 Å². The molecule has 0 bridgehead atoms. The minimum absolute atomic E-state index is 0.152. The van der Waals surface area contributed by atoms with Crippen LogP contribution < -0.4 is 26.9 Å². The van der Waals surface area contributed by atoms with Crippen LogP contribution in [0.5, 0.6) is 0 Å². The molecule has 10 nitrogen and oxygen atoms in total. The highest BCUT2D eigenvalue weighted by Crippen LogP contribution is 2.44. The summed E-state index contributed by atoms with van der Waals surface area (Å²) < 4.78 is 42.0. The lowest BCUT2D eigenvalue weighted by molar-refractivity contribution is 0.0505. The van der Waals surface area contributed by atoms with E-state index in [1.165, 1.54) is 6.08 Å². The van der Waals surface area contributed by atoms with E-state index >= 15 is 4.39 Å². The van der Waals surface area contributed by atoms with Gasteiger partial charge in [0.15, 0.2) is 11.6 Å². The normalized spacial score (nSPS) is 17.6. The summed E-state index contributed by atoms with van der Waals surface area (Å²) >= 11 is 0. The van der Waals surface area contributed by atoms with E-state index in [4.69, 9.17) is 15.3 Å². The third kappa shape index (κ3) is 5.24. The molecule has 12 heteroatoms. The number of amides is 1. The Morgan fingerprint density at radius 1 is 1.24 bits per heavy atom. The Balaban J connectivity index is 1.88. The van der Waals surface area contributed by atoms with Crippen molar-refractivity contribution in [2.45, 2.75) is 57.7 Å². The van der Waals surface area contributed by atoms with Gasteiger partial charge in [-0.3, -0.25) is 10.6 Å². The zero-order valence-electron chi connectivity index (χ0n) is 21.0. The molecule has 2 aliphatic rings. The number of nitrogens with one attached hydrogen (secondary N) is 2. The number of pyridine rings is 1. The van der Waals surface area contributed by atoms with Crippen LogP contribution in [0.2, 0.25) is 0 Å². The highest BCUT2D eigenvalue weighted by Gasteiger charge is 2.38. The van der Waals surface area contributed by atoms with E-state index in [9.17, 15) is 18.8 Å². The number of fused-ring (bicyclic) bond motifs is 1. The molecule has 1 aliphatic heterocycles. The van der Waals surface area contributed by atoms with E-state index in [1.54, 1.807) is 30.2 Å². The van der Waals surface area contributed by atoms with Crippen molar-refractivity contribution in [3.63, 3.8) is 0 Å². The number of benzene rings is 1. The van der Waals surface area contributed by atoms with Crippen molar-refractivity contribution in [3.05, 3.63) is 46.1 Å². The summed E-state index contributed by atoms with van der Waals surface area (Å²) in [4.78, 5) is 41.0. The van der Waals surface area contributed by atoms with Crippen LogP contribution in [0.1, 0.15) is 56.4 Å². The van der Waals surface area contributed by atoms with E-state index < -0.39 is 40.4 Å². The first kappa shape index (κ1) is 26.4. The Hall–Kier alpha value is -3.67. The molecule has 2 heterocycles. The van der Waals surface area contributed by atoms with Gasteiger partial charge in [-0.1, -0.05) is 12.7 Å². The minimum Gasteiger partial charge on any atom is -0.458 e. The molecule has 2 aromatic rings. The predicted octanol–water partition coefficient (Wildman–Crippen LogP) is 3.35. The molecule has 1 aromatic carbocycles. The van der Waals surface area contributed by atoms with Gasteiger partial charge in [0.2, 0.25) is 5.43 Å².